The molecular formula is C16H13Br. The van der Waals surface area contributed by atoms with Gasteiger partial charge in [0.25, 0.3) is 0 Å². The Morgan fingerprint density at radius 1 is 0.941 bits per heavy atom. The summed E-state index contributed by atoms with van der Waals surface area (Å²) in [4.78, 5) is 0. The maximum absolute atomic E-state index is 3.62. The van der Waals surface area contributed by atoms with Gasteiger partial charge in [-0.25, -0.2) is 0 Å². The van der Waals surface area contributed by atoms with Gasteiger partial charge >= 0.3 is 0 Å². The Hall–Kier alpha value is -1.34. The van der Waals surface area contributed by atoms with E-state index in [4.69, 9.17) is 0 Å². The highest BCUT2D eigenvalue weighted by Gasteiger charge is 2.17. The van der Waals surface area contributed by atoms with Crippen molar-refractivity contribution in [3.8, 4) is 0 Å². The standard InChI is InChI=1S/C16H13Br/c17-16-8-4-2-6-14(16)11-13-10-9-12-5-1-3-7-15(12)13/h1-10,13H,11H2. The average molecular weight is 285 g/mol. The van der Waals surface area contributed by atoms with Crippen molar-refractivity contribution in [3.63, 3.8) is 0 Å². The van der Waals surface area contributed by atoms with E-state index in [0.29, 0.717) is 5.92 Å². The second-order valence-corrected chi connectivity index (χ2v) is 5.24. The van der Waals surface area contributed by atoms with Crippen molar-refractivity contribution < 1.29 is 0 Å². The summed E-state index contributed by atoms with van der Waals surface area (Å²) < 4.78 is 1.21. The number of hydrogen-bond acceptors (Lipinski definition) is 0. The highest BCUT2D eigenvalue weighted by Crippen LogP contribution is 2.33. The quantitative estimate of drug-likeness (QED) is 0.743. The molecule has 0 saturated carbocycles. The van der Waals surface area contributed by atoms with Gasteiger partial charge in [0.15, 0.2) is 0 Å². The van der Waals surface area contributed by atoms with Crippen molar-refractivity contribution in [3.05, 3.63) is 75.8 Å². The van der Waals surface area contributed by atoms with Crippen LogP contribution in [0, 0.1) is 0 Å². The zero-order valence-corrected chi connectivity index (χ0v) is 11.0. The van der Waals surface area contributed by atoms with Gasteiger partial charge < -0.3 is 0 Å². The normalized spacial score (nSPS) is 17.1. The lowest BCUT2D eigenvalue weighted by atomic mass is 9.94. The fourth-order valence-corrected chi connectivity index (χ4v) is 2.85. The SMILES string of the molecule is Brc1ccccc1CC1C=Cc2ccccc21. The molecule has 17 heavy (non-hydrogen) atoms. The summed E-state index contributed by atoms with van der Waals surface area (Å²) in [6, 6.07) is 17.1. The first-order valence-electron chi connectivity index (χ1n) is 5.85. The van der Waals surface area contributed by atoms with Gasteiger partial charge in [0.1, 0.15) is 0 Å². The van der Waals surface area contributed by atoms with Gasteiger partial charge in [-0.05, 0) is 29.2 Å². The molecule has 2 aromatic rings. The van der Waals surface area contributed by atoms with Gasteiger partial charge in [-0.2, -0.15) is 0 Å². The number of allylic oxidation sites excluding steroid dienone is 1. The average Bonchev–Trinajstić information content (AvgIpc) is 2.76. The van der Waals surface area contributed by atoms with Crippen molar-refractivity contribution in [2.24, 2.45) is 0 Å². The molecule has 0 spiro atoms. The second-order valence-electron chi connectivity index (χ2n) is 4.39. The van der Waals surface area contributed by atoms with Crippen LogP contribution in [0.3, 0.4) is 0 Å². The maximum atomic E-state index is 3.62. The van der Waals surface area contributed by atoms with Crippen molar-refractivity contribution in [2.75, 3.05) is 0 Å². The number of benzene rings is 2. The van der Waals surface area contributed by atoms with E-state index in [9.17, 15) is 0 Å². The minimum absolute atomic E-state index is 0.518. The monoisotopic (exact) mass is 284 g/mol. The van der Waals surface area contributed by atoms with Gasteiger partial charge in [-0.15, -0.1) is 0 Å². The predicted octanol–water partition coefficient (Wildman–Crippen LogP) is 4.80. The highest BCUT2D eigenvalue weighted by molar-refractivity contribution is 9.10. The zero-order valence-electron chi connectivity index (χ0n) is 9.44. The van der Waals surface area contributed by atoms with Crippen molar-refractivity contribution >= 4 is 22.0 Å². The molecule has 0 fully saturated rings. The molecule has 0 aromatic heterocycles. The van der Waals surface area contributed by atoms with Crippen LogP contribution in [-0.4, -0.2) is 0 Å². The van der Waals surface area contributed by atoms with E-state index in [0.717, 1.165) is 6.42 Å². The Kier molecular flexibility index (Phi) is 2.86. The van der Waals surface area contributed by atoms with E-state index >= 15 is 0 Å². The molecule has 0 heterocycles. The van der Waals surface area contributed by atoms with Crippen molar-refractivity contribution in [2.45, 2.75) is 12.3 Å². The Labute approximate surface area is 110 Å². The van der Waals surface area contributed by atoms with Gasteiger partial charge in [-0.1, -0.05) is 70.5 Å². The van der Waals surface area contributed by atoms with Crippen LogP contribution < -0.4 is 0 Å². The van der Waals surface area contributed by atoms with Crippen LogP contribution in [0.2, 0.25) is 0 Å². The van der Waals surface area contributed by atoms with Crippen LogP contribution in [0.25, 0.3) is 6.08 Å². The third kappa shape index (κ3) is 2.07. The van der Waals surface area contributed by atoms with E-state index in [1.807, 2.05) is 0 Å². The first-order valence-corrected chi connectivity index (χ1v) is 6.64. The summed E-state index contributed by atoms with van der Waals surface area (Å²) in [6.45, 7) is 0. The highest BCUT2D eigenvalue weighted by atomic mass is 79.9. The molecular weight excluding hydrogens is 272 g/mol. The summed E-state index contributed by atoms with van der Waals surface area (Å²) in [6.07, 6.45) is 5.61. The Morgan fingerprint density at radius 3 is 2.59 bits per heavy atom. The molecule has 84 valence electrons. The molecule has 0 amide bonds. The van der Waals surface area contributed by atoms with Gasteiger partial charge in [0.05, 0.1) is 0 Å². The third-order valence-corrected chi connectivity index (χ3v) is 4.07. The molecule has 0 radical (unpaired) electrons. The third-order valence-electron chi connectivity index (χ3n) is 3.30. The fraction of sp³-hybridized carbons (Fsp3) is 0.125. The summed E-state index contributed by atoms with van der Waals surface area (Å²) in [5.74, 6) is 0.518. The zero-order chi connectivity index (χ0) is 11.7. The molecule has 0 aliphatic heterocycles. The molecule has 1 aliphatic rings. The molecule has 0 bridgehead atoms. The molecule has 1 atom stereocenters. The summed E-state index contributed by atoms with van der Waals surface area (Å²) in [7, 11) is 0. The van der Waals surface area contributed by atoms with Crippen LogP contribution in [0.5, 0.6) is 0 Å². The van der Waals surface area contributed by atoms with E-state index in [1.54, 1.807) is 0 Å². The Morgan fingerprint density at radius 2 is 1.71 bits per heavy atom. The summed E-state index contributed by atoms with van der Waals surface area (Å²) in [5.41, 5.74) is 4.19. The van der Waals surface area contributed by atoms with Crippen LogP contribution in [0.1, 0.15) is 22.6 Å². The van der Waals surface area contributed by atoms with E-state index < -0.39 is 0 Å². The molecule has 1 unspecified atom stereocenters. The topological polar surface area (TPSA) is 0 Å². The van der Waals surface area contributed by atoms with Crippen molar-refractivity contribution in [1.82, 2.24) is 0 Å². The molecule has 1 heteroatoms. The van der Waals surface area contributed by atoms with Crippen LogP contribution >= 0.6 is 15.9 Å². The maximum Gasteiger partial charge on any atom is 0.0207 e. The minimum Gasteiger partial charge on any atom is -0.0760 e. The first-order chi connectivity index (χ1) is 8.34. The van der Waals surface area contributed by atoms with E-state index in [-0.39, 0.29) is 0 Å². The second kappa shape index (κ2) is 4.50. The Balaban J connectivity index is 1.90. The lowest BCUT2D eigenvalue weighted by Gasteiger charge is -2.12. The molecule has 3 rings (SSSR count). The fourth-order valence-electron chi connectivity index (χ4n) is 2.40. The predicted molar refractivity (Wildman–Crippen MR) is 76.1 cm³/mol. The largest absolute Gasteiger partial charge is 0.0760 e. The summed E-state index contributed by atoms with van der Waals surface area (Å²) >= 11 is 3.62. The molecule has 0 nitrogen and oxygen atoms in total. The number of fused-ring (bicyclic) bond motifs is 1. The lowest BCUT2D eigenvalue weighted by molar-refractivity contribution is 0.846. The number of hydrogen-bond donors (Lipinski definition) is 0. The Bertz CT molecular complexity index is 569. The van der Waals surface area contributed by atoms with Gasteiger partial charge in [-0.3, -0.25) is 0 Å². The first kappa shape index (κ1) is 10.8. The number of halogens is 1. The molecule has 0 saturated heterocycles. The lowest BCUT2D eigenvalue weighted by Crippen LogP contribution is -1.98. The van der Waals surface area contributed by atoms with Crippen LogP contribution in [0.15, 0.2) is 59.1 Å². The summed E-state index contributed by atoms with van der Waals surface area (Å²) in [5, 5.41) is 0. The molecule has 1 aliphatic carbocycles. The van der Waals surface area contributed by atoms with Crippen molar-refractivity contribution in [1.29, 1.82) is 0 Å². The van der Waals surface area contributed by atoms with E-state index in [2.05, 4.69) is 76.6 Å². The smallest absolute Gasteiger partial charge is 0.0207 e. The minimum atomic E-state index is 0.518. The van der Waals surface area contributed by atoms with Crippen LogP contribution in [0.4, 0.5) is 0 Å². The molecule has 2 aromatic carbocycles. The van der Waals surface area contributed by atoms with E-state index in [1.165, 1.54) is 21.2 Å². The van der Waals surface area contributed by atoms with Gasteiger partial charge in [0, 0.05) is 10.4 Å². The number of rotatable bonds is 2. The molecule has 0 N–H and O–H groups in total. The van der Waals surface area contributed by atoms with Gasteiger partial charge in [0.2, 0.25) is 0 Å². The van der Waals surface area contributed by atoms with Crippen LogP contribution in [-0.2, 0) is 6.42 Å².